The van der Waals surface area contributed by atoms with Gasteiger partial charge in [-0.15, -0.1) is 0 Å². The van der Waals surface area contributed by atoms with Gasteiger partial charge < -0.3 is 19.7 Å². The number of carbonyl (C=O) groups excluding carboxylic acids is 1. The van der Waals surface area contributed by atoms with E-state index >= 15 is 0 Å². The predicted octanol–water partition coefficient (Wildman–Crippen LogP) is 0.496. The van der Waals surface area contributed by atoms with E-state index in [1.807, 2.05) is 14.0 Å². The smallest absolute Gasteiger partial charge is 0.231 e. The van der Waals surface area contributed by atoms with E-state index in [9.17, 15) is 4.79 Å². The van der Waals surface area contributed by atoms with Crippen LogP contribution in [0.1, 0.15) is 19.8 Å². The number of nitrogens with zero attached hydrogens (tertiary/aromatic N) is 1. The van der Waals surface area contributed by atoms with Crippen molar-refractivity contribution in [2.24, 2.45) is 5.41 Å². The van der Waals surface area contributed by atoms with Crippen molar-refractivity contribution in [3.63, 3.8) is 0 Å². The molecule has 0 aromatic heterocycles. The van der Waals surface area contributed by atoms with E-state index in [1.165, 1.54) is 0 Å². The van der Waals surface area contributed by atoms with Gasteiger partial charge in [0, 0.05) is 27.8 Å². The van der Waals surface area contributed by atoms with Gasteiger partial charge in [-0.05, 0) is 32.9 Å². The topological polar surface area (TPSA) is 50.8 Å². The molecule has 0 aliphatic carbocycles. The predicted molar refractivity (Wildman–Crippen MR) is 70.5 cm³/mol. The molecule has 1 unspecified atom stereocenters. The summed E-state index contributed by atoms with van der Waals surface area (Å²) in [6, 6.07) is 0. The van der Waals surface area contributed by atoms with Crippen molar-refractivity contribution in [3.05, 3.63) is 0 Å². The van der Waals surface area contributed by atoms with Gasteiger partial charge in [0.25, 0.3) is 0 Å². The molecule has 1 N–H and O–H groups in total. The zero-order valence-electron chi connectivity index (χ0n) is 12.0. The van der Waals surface area contributed by atoms with Crippen LogP contribution < -0.4 is 5.32 Å². The number of rotatable bonds is 6. The summed E-state index contributed by atoms with van der Waals surface area (Å²) < 4.78 is 10.5. The quantitative estimate of drug-likeness (QED) is 0.753. The summed E-state index contributed by atoms with van der Waals surface area (Å²) >= 11 is 0. The molecule has 18 heavy (non-hydrogen) atoms. The number of hydrogen-bond donors (Lipinski definition) is 1. The van der Waals surface area contributed by atoms with Crippen molar-refractivity contribution in [2.75, 3.05) is 47.5 Å². The minimum atomic E-state index is -0.359. The van der Waals surface area contributed by atoms with E-state index in [0.29, 0.717) is 13.2 Å². The lowest BCUT2D eigenvalue weighted by Gasteiger charge is -2.38. The fraction of sp³-hybridized carbons (Fsp3) is 0.923. The van der Waals surface area contributed by atoms with Gasteiger partial charge in [0.05, 0.1) is 18.1 Å². The number of amides is 1. The first kappa shape index (κ1) is 15.4. The maximum Gasteiger partial charge on any atom is 0.231 e. The first-order chi connectivity index (χ1) is 8.55. The molecule has 0 saturated carbocycles. The maximum absolute atomic E-state index is 12.6. The Hall–Kier alpha value is -0.650. The van der Waals surface area contributed by atoms with E-state index in [2.05, 4.69) is 5.32 Å². The van der Waals surface area contributed by atoms with Crippen molar-refractivity contribution in [3.8, 4) is 0 Å². The molecule has 1 heterocycles. The van der Waals surface area contributed by atoms with Crippen molar-refractivity contribution >= 4 is 5.91 Å². The molecule has 1 aliphatic rings. The molecule has 1 fully saturated rings. The molecule has 1 saturated heterocycles. The number of carbonyl (C=O) groups is 1. The lowest BCUT2D eigenvalue weighted by atomic mass is 9.78. The van der Waals surface area contributed by atoms with E-state index in [-0.39, 0.29) is 17.4 Å². The van der Waals surface area contributed by atoms with Crippen molar-refractivity contribution in [2.45, 2.75) is 25.9 Å². The maximum atomic E-state index is 12.6. The summed E-state index contributed by atoms with van der Waals surface area (Å²) in [7, 11) is 5.17. The van der Waals surface area contributed by atoms with Gasteiger partial charge in [0.1, 0.15) is 0 Å². The first-order valence-corrected chi connectivity index (χ1v) is 6.54. The molecular weight excluding hydrogens is 232 g/mol. The summed E-state index contributed by atoms with van der Waals surface area (Å²) in [5, 5.41) is 3.29. The van der Waals surface area contributed by atoms with Crippen LogP contribution in [0.2, 0.25) is 0 Å². The van der Waals surface area contributed by atoms with Crippen LogP contribution in [0, 0.1) is 5.41 Å². The molecule has 1 atom stereocenters. The third-order valence-electron chi connectivity index (χ3n) is 3.72. The normalized spacial score (nSPS) is 20.4. The van der Waals surface area contributed by atoms with Crippen LogP contribution in [-0.4, -0.2) is 64.4 Å². The summed E-state index contributed by atoms with van der Waals surface area (Å²) in [5.41, 5.74) is -0.359. The van der Waals surface area contributed by atoms with E-state index in [1.54, 1.807) is 19.1 Å². The number of likely N-dealkylation sites (N-methyl/N-ethyl adjacent to an activating group) is 1. The monoisotopic (exact) mass is 258 g/mol. The molecule has 1 aliphatic heterocycles. The second kappa shape index (κ2) is 7.07. The number of hydrogen-bond acceptors (Lipinski definition) is 4. The van der Waals surface area contributed by atoms with Gasteiger partial charge in [-0.1, -0.05) is 0 Å². The molecule has 0 bridgehead atoms. The lowest BCUT2D eigenvalue weighted by molar-refractivity contribution is -0.147. The Morgan fingerprint density at radius 1 is 1.39 bits per heavy atom. The van der Waals surface area contributed by atoms with Gasteiger partial charge in [0.2, 0.25) is 5.91 Å². The van der Waals surface area contributed by atoms with Crippen LogP contribution >= 0.6 is 0 Å². The van der Waals surface area contributed by atoms with E-state index in [0.717, 1.165) is 25.9 Å². The number of piperidine rings is 1. The second-order valence-corrected chi connectivity index (χ2v) is 5.20. The highest BCUT2D eigenvalue weighted by Crippen LogP contribution is 2.31. The fourth-order valence-corrected chi connectivity index (χ4v) is 2.55. The van der Waals surface area contributed by atoms with Crippen LogP contribution in [0.15, 0.2) is 0 Å². The molecule has 0 radical (unpaired) electrons. The summed E-state index contributed by atoms with van der Waals surface area (Å²) in [6.45, 7) is 4.84. The first-order valence-electron chi connectivity index (χ1n) is 6.54. The Morgan fingerprint density at radius 2 is 2.00 bits per heavy atom. The molecule has 1 amide bonds. The highest BCUT2D eigenvalue weighted by molar-refractivity contribution is 5.83. The van der Waals surface area contributed by atoms with Gasteiger partial charge in [-0.25, -0.2) is 0 Å². The average molecular weight is 258 g/mol. The van der Waals surface area contributed by atoms with Crippen molar-refractivity contribution < 1.29 is 14.3 Å². The van der Waals surface area contributed by atoms with Crippen LogP contribution in [0.4, 0.5) is 0 Å². The third kappa shape index (κ3) is 3.67. The van der Waals surface area contributed by atoms with Crippen LogP contribution in [-0.2, 0) is 14.3 Å². The van der Waals surface area contributed by atoms with Crippen LogP contribution in [0.5, 0.6) is 0 Å². The minimum absolute atomic E-state index is 0.0558. The van der Waals surface area contributed by atoms with E-state index in [4.69, 9.17) is 9.47 Å². The summed E-state index contributed by atoms with van der Waals surface area (Å²) in [6.07, 6.45) is 1.73. The van der Waals surface area contributed by atoms with Gasteiger partial charge in [-0.2, -0.15) is 0 Å². The molecule has 0 spiro atoms. The summed E-state index contributed by atoms with van der Waals surface area (Å²) in [4.78, 5) is 14.4. The molecule has 5 heteroatoms. The van der Waals surface area contributed by atoms with Crippen LogP contribution in [0.3, 0.4) is 0 Å². The Labute approximate surface area is 110 Å². The van der Waals surface area contributed by atoms with Gasteiger partial charge in [-0.3, -0.25) is 4.79 Å². The molecule has 0 aromatic carbocycles. The van der Waals surface area contributed by atoms with Crippen LogP contribution in [0.25, 0.3) is 0 Å². The van der Waals surface area contributed by atoms with E-state index < -0.39 is 0 Å². The average Bonchev–Trinajstić information content (AvgIpc) is 2.39. The fourth-order valence-electron chi connectivity index (χ4n) is 2.55. The number of nitrogens with one attached hydrogen (secondary N) is 1. The minimum Gasteiger partial charge on any atom is -0.384 e. The highest BCUT2D eigenvalue weighted by atomic mass is 16.5. The zero-order chi connectivity index (χ0) is 13.6. The zero-order valence-corrected chi connectivity index (χ0v) is 12.0. The molecule has 0 aromatic rings. The third-order valence-corrected chi connectivity index (χ3v) is 3.72. The standard InChI is InChI=1S/C13H26N2O3/c1-11(18-4)9-15(2)12(16)13(10-17-3)5-7-14-8-6-13/h11,14H,5-10H2,1-4H3. The Morgan fingerprint density at radius 3 is 2.50 bits per heavy atom. The molecule has 106 valence electrons. The van der Waals surface area contributed by atoms with Gasteiger partial charge >= 0.3 is 0 Å². The second-order valence-electron chi connectivity index (χ2n) is 5.20. The SMILES string of the molecule is COCC1(C(=O)N(C)CC(C)OC)CCNCC1. The molecule has 1 rings (SSSR count). The Kier molecular flexibility index (Phi) is 6.05. The Balaban J connectivity index is 2.69. The van der Waals surface area contributed by atoms with Crippen molar-refractivity contribution in [1.29, 1.82) is 0 Å². The molecular formula is C13H26N2O3. The number of ether oxygens (including phenoxy) is 2. The van der Waals surface area contributed by atoms with Crippen molar-refractivity contribution in [1.82, 2.24) is 10.2 Å². The molecule has 5 nitrogen and oxygen atoms in total. The highest BCUT2D eigenvalue weighted by Gasteiger charge is 2.41. The summed E-state index contributed by atoms with van der Waals surface area (Å²) in [5.74, 6) is 0.176. The lowest BCUT2D eigenvalue weighted by Crippen LogP contribution is -2.51. The largest absolute Gasteiger partial charge is 0.384 e. The Bertz CT molecular complexity index is 259. The number of methoxy groups -OCH3 is 2. The van der Waals surface area contributed by atoms with Gasteiger partial charge in [0.15, 0.2) is 0 Å².